The molecule has 1 fully saturated rings. The Balaban J connectivity index is 2.02. The van der Waals surface area contributed by atoms with Crippen LogP contribution in [0.3, 0.4) is 0 Å². The van der Waals surface area contributed by atoms with E-state index in [2.05, 4.69) is 9.97 Å². The molecule has 0 saturated heterocycles. The van der Waals surface area contributed by atoms with E-state index in [0.29, 0.717) is 11.7 Å². The predicted octanol–water partition coefficient (Wildman–Crippen LogP) is 2.99. The molecule has 3 rings (SSSR count). The highest BCUT2D eigenvalue weighted by atomic mass is 15.0. The van der Waals surface area contributed by atoms with Crippen molar-refractivity contribution in [2.45, 2.75) is 25.2 Å². The summed E-state index contributed by atoms with van der Waals surface area (Å²) in [7, 11) is 0. The van der Waals surface area contributed by atoms with E-state index in [0.717, 1.165) is 17.1 Å². The highest BCUT2D eigenvalue weighted by molar-refractivity contribution is 5.61. The van der Waals surface area contributed by atoms with Crippen molar-refractivity contribution in [3.8, 4) is 11.3 Å². The summed E-state index contributed by atoms with van der Waals surface area (Å²) in [6, 6.07) is 12.0. The molecule has 0 spiro atoms. The average molecular weight is 225 g/mol. The number of hydrogen-bond acceptors (Lipinski definition) is 3. The van der Waals surface area contributed by atoms with Gasteiger partial charge in [0.1, 0.15) is 11.6 Å². The van der Waals surface area contributed by atoms with E-state index in [1.807, 2.05) is 36.4 Å². The minimum atomic E-state index is 0.515. The molecule has 1 saturated carbocycles. The second kappa shape index (κ2) is 4.17. The van der Waals surface area contributed by atoms with E-state index in [9.17, 15) is 0 Å². The van der Waals surface area contributed by atoms with Gasteiger partial charge >= 0.3 is 0 Å². The minimum absolute atomic E-state index is 0.515. The fraction of sp³-hybridized carbons (Fsp3) is 0.286. The second-order valence-corrected chi connectivity index (χ2v) is 4.53. The Morgan fingerprint density at radius 1 is 1.06 bits per heavy atom. The quantitative estimate of drug-likeness (QED) is 0.854. The van der Waals surface area contributed by atoms with Crippen LogP contribution in [-0.2, 0) is 0 Å². The fourth-order valence-corrected chi connectivity index (χ4v) is 2.09. The van der Waals surface area contributed by atoms with Gasteiger partial charge in [-0.1, -0.05) is 36.8 Å². The number of rotatable bonds is 2. The largest absolute Gasteiger partial charge is 0.384 e. The van der Waals surface area contributed by atoms with Gasteiger partial charge in [0.25, 0.3) is 0 Å². The highest BCUT2D eigenvalue weighted by Gasteiger charge is 2.23. The maximum atomic E-state index is 5.86. The lowest BCUT2D eigenvalue weighted by atomic mass is 9.85. The van der Waals surface area contributed by atoms with Crippen LogP contribution in [0.25, 0.3) is 11.3 Å². The van der Waals surface area contributed by atoms with E-state index in [4.69, 9.17) is 5.73 Å². The van der Waals surface area contributed by atoms with Crippen LogP contribution >= 0.6 is 0 Å². The zero-order valence-corrected chi connectivity index (χ0v) is 9.63. The van der Waals surface area contributed by atoms with Gasteiger partial charge in [-0.3, -0.25) is 0 Å². The van der Waals surface area contributed by atoms with Crippen molar-refractivity contribution in [3.63, 3.8) is 0 Å². The third kappa shape index (κ3) is 2.00. The van der Waals surface area contributed by atoms with Crippen molar-refractivity contribution in [2.24, 2.45) is 0 Å². The second-order valence-electron chi connectivity index (χ2n) is 4.53. The lowest BCUT2D eigenvalue weighted by Crippen LogP contribution is -2.14. The molecule has 2 aromatic rings. The summed E-state index contributed by atoms with van der Waals surface area (Å²) in [5.74, 6) is 2.00. The predicted molar refractivity (Wildman–Crippen MR) is 68.5 cm³/mol. The molecule has 1 aromatic carbocycles. The monoisotopic (exact) mass is 225 g/mol. The van der Waals surface area contributed by atoms with Gasteiger partial charge in [-0.15, -0.1) is 0 Å². The van der Waals surface area contributed by atoms with Gasteiger partial charge in [0.15, 0.2) is 0 Å². The zero-order chi connectivity index (χ0) is 11.7. The summed E-state index contributed by atoms with van der Waals surface area (Å²) >= 11 is 0. The van der Waals surface area contributed by atoms with Crippen molar-refractivity contribution in [1.29, 1.82) is 0 Å². The Labute approximate surface area is 101 Å². The Bertz CT molecular complexity index is 518. The molecule has 0 radical (unpaired) electrons. The molecule has 1 aliphatic carbocycles. The number of aromatic nitrogens is 2. The molecule has 0 atom stereocenters. The molecule has 3 heteroatoms. The highest BCUT2D eigenvalue weighted by Crippen LogP contribution is 2.35. The number of nitrogens with two attached hydrogens (primary N) is 1. The van der Waals surface area contributed by atoms with Gasteiger partial charge in [0.05, 0.1) is 5.69 Å². The topological polar surface area (TPSA) is 51.8 Å². The third-order valence-corrected chi connectivity index (χ3v) is 3.30. The van der Waals surface area contributed by atoms with Gasteiger partial charge in [-0.25, -0.2) is 9.97 Å². The van der Waals surface area contributed by atoms with Crippen molar-refractivity contribution >= 4 is 5.82 Å². The Morgan fingerprint density at radius 2 is 1.82 bits per heavy atom. The lowest BCUT2D eigenvalue weighted by Gasteiger charge is -2.24. The van der Waals surface area contributed by atoms with Crippen LogP contribution in [0.4, 0.5) is 5.82 Å². The van der Waals surface area contributed by atoms with Crippen LogP contribution in [0.15, 0.2) is 36.4 Å². The first kappa shape index (κ1) is 10.3. The molecule has 86 valence electrons. The first-order valence-corrected chi connectivity index (χ1v) is 6.03. The van der Waals surface area contributed by atoms with E-state index < -0.39 is 0 Å². The first-order chi connectivity index (χ1) is 8.33. The van der Waals surface area contributed by atoms with Crippen LogP contribution in [0, 0.1) is 0 Å². The lowest BCUT2D eigenvalue weighted by molar-refractivity contribution is 0.402. The molecule has 1 heterocycles. The SMILES string of the molecule is Nc1cc(-c2ccccc2)nc(C2CCC2)n1. The van der Waals surface area contributed by atoms with Gasteiger partial charge in [0.2, 0.25) is 0 Å². The number of benzene rings is 1. The number of anilines is 1. The van der Waals surface area contributed by atoms with Gasteiger partial charge in [-0.2, -0.15) is 0 Å². The zero-order valence-electron chi connectivity index (χ0n) is 9.63. The van der Waals surface area contributed by atoms with Crippen LogP contribution in [-0.4, -0.2) is 9.97 Å². The molecule has 0 unspecified atom stereocenters. The Kier molecular flexibility index (Phi) is 2.52. The standard InChI is InChI=1S/C14H15N3/c15-13-9-12(10-5-2-1-3-6-10)16-14(17-13)11-7-4-8-11/h1-3,5-6,9,11H,4,7-8H2,(H2,15,16,17). The summed E-state index contributed by atoms with van der Waals surface area (Å²) in [5, 5.41) is 0. The number of nitrogen functional groups attached to an aromatic ring is 1. The average Bonchev–Trinajstić information content (AvgIpc) is 2.27. The first-order valence-electron chi connectivity index (χ1n) is 6.03. The van der Waals surface area contributed by atoms with Gasteiger partial charge in [0, 0.05) is 17.5 Å². The summed E-state index contributed by atoms with van der Waals surface area (Å²) in [5.41, 5.74) is 7.89. The molecule has 1 aliphatic rings. The van der Waals surface area contributed by atoms with Crippen molar-refractivity contribution in [3.05, 3.63) is 42.2 Å². The molecule has 0 aliphatic heterocycles. The fourth-order valence-electron chi connectivity index (χ4n) is 2.09. The van der Waals surface area contributed by atoms with Crippen molar-refractivity contribution in [1.82, 2.24) is 9.97 Å². The molecule has 2 N–H and O–H groups in total. The van der Waals surface area contributed by atoms with E-state index in [1.54, 1.807) is 0 Å². The van der Waals surface area contributed by atoms with Gasteiger partial charge in [-0.05, 0) is 12.8 Å². The summed E-state index contributed by atoms with van der Waals surface area (Å²) in [6.07, 6.45) is 3.67. The summed E-state index contributed by atoms with van der Waals surface area (Å²) in [4.78, 5) is 8.98. The minimum Gasteiger partial charge on any atom is -0.384 e. The normalized spacial score (nSPS) is 15.5. The molecular formula is C14H15N3. The molecular weight excluding hydrogens is 210 g/mol. The van der Waals surface area contributed by atoms with Crippen LogP contribution in [0.2, 0.25) is 0 Å². The molecule has 1 aromatic heterocycles. The summed E-state index contributed by atoms with van der Waals surface area (Å²) in [6.45, 7) is 0. The smallest absolute Gasteiger partial charge is 0.134 e. The van der Waals surface area contributed by atoms with Gasteiger partial charge < -0.3 is 5.73 Å². The Hall–Kier alpha value is -1.90. The number of nitrogens with zero attached hydrogens (tertiary/aromatic N) is 2. The maximum absolute atomic E-state index is 5.86. The third-order valence-electron chi connectivity index (χ3n) is 3.30. The molecule has 0 bridgehead atoms. The van der Waals surface area contributed by atoms with E-state index >= 15 is 0 Å². The molecule has 3 nitrogen and oxygen atoms in total. The van der Waals surface area contributed by atoms with Crippen molar-refractivity contribution < 1.29 is 0 Å². The molecule has 17 heavy (non-hydrogen) atoms. The van der Waals surface area contributed by atoms with E-state index in [1.165, 1.54) is 19.3 Å². The van der Waals surface area contributed by atoms with Crippen LogP contribution in [0.1, 0.15) is 31.0 Å². The summed E-state index contributed by atoms with van der Waals surface area (Å²) < 4.78 is 0. The van der Waals surface area contributed by atoms with Crippen molar-refractivity contribution in [2.75, 3.05) is 5.73 Å². The van der Waals surface area contributed by atoms with E-state index in [-0.39, 0.29) is 0 Å². The van der Waals surface area contributed by atoms with Crippen LogP contribution in [0.5, 0.6) is 0 Å². The molecule has 0 amide bonds. The maximum Gasteiger partial charge on any atom is 0.134 e. The van der Waals surface area contributed by atoms with Crippen LogP contribution < -0.4 is 5.73 Å². The number of hydrogen-bond donors (Lipinski definition) is 1. The Morgan fingerprint density at radius 3 is 2.47 bits per heavy atom.